The van der Waals surface area contributed by atoms with Crippen LogP contribution in [0.25, 0.3) is 0 Å². The Morgan fingerprint density at radius 3 is 2.48 bits per heavy atom. The molecule has 1 aromatic heterocycles. The van der Waals surface area contributed by atoms with Crippen molar-refractivity contribution in [3.63, 3.8) is 0 Å². The summed E-state index contributed by atoms with van der Waals surface area (Å²) in [6.45, 7) is 5.27. The molecule has 6 nitrogen and oxygen atoms in total. The first-order valence-electron chi connectivity index (χ1n) is 10.2. The molecule has 1 aromatic carbocycles. The van der Waals surface area contributed by atoms with Gasteiger partial charge >= 0.3 is 0 Å². The van der Waals surface area contributed by atoms with Crippen LogP contribution in [0, 0.1) is 0 Å². The van der Waals surface area contributed by atoms with Gasteiger partial charge in [0.2, 0.25) is 0 Å². The summed E-state index contributed by atoms with van der Waals surface area (Å²) < 4.78 is 11.0. The summed E-state index contributed by atoms with van der Waals surface area (Å²) in [7, 11) is 3.41. The monoisotopic (exact) mass is 414 g/mol. The molecule has 1 saturated heterocycles. The lowest BCUT2D eigenvalue weighted by molar-refractivity contribution is 0.0836. The van der Waals surface area contributed by atoms with Crippen LogP contribution < -0.4 is 9.47 Å². The van der Waals surface area contributed by atoms with Crippen molar-refractivity contribution in [2.45, 2.75) is 43.6 Å². The number of benzene rings is 1. The van der Waals surface area contributed by atoms with Gasteiger partial charge in [-0.25, -0.2) is 9.97 Å². The first-order chi connectivity index (χ1) is 14.2. The van der Waals surface area contributed by atoms with E-state index in [0.717, 1.165) is 55.8 Å². The van der Waals surface area contributed by atoms with Gasteiger partial charge in [0, 0.05) is 50.2 Å². The molecule has 0 bridgehead atoms. The van der Waals surface area contributed by atoms with E-state index in [1.165, 1.54) is 29.5 Å². The Balaban J connectivity index is 1.41. The molecule has 0 N–H and O–H groups in total. The van der Waals surface area contributed by atoms with E-state index in [9.17, 15) is 0 Å². The Bertz CT molecular complexity index is 830. The highest BCUT2D eigenvalue weighted by Crippen LogP contribution is 2.34. The molecule has 1 unspecified atom stereocenters. The summed E-state index contributed by atoms with van der Waals surface area (Å²) in [6.07, 6.45) is 9.52. The first kappa shape index (κ1) is 20.4. The minimum absolute atomic E-state index is 0.594. The van der Waals surface area contributed by atoms with Crippen molar-refractivity contribution >= 4 is 11.8 Å². The standard InChI is InChI=1S/C22H30N4O2S/c1-27-20-9-17-6-8-26(14-18(17)10-21(20)28-2)19-5-4-7-25(15-19)13-16-11-23-22(29-3)24-12-16/h9-12,19H,4-8,13-15H2,1-3H3. The molecule has 1 fully saturated rings. The molecular weight excluding hydrogens is 384 g/mol. The first-order valence-corrected chi connectivity index (χ1v) is 11.5. The molecule has 2 aromatic rings. The highest BCUT2D eigenvalue weighted by molar-refractivity contribution is 7.98. The molecule has 0 radical (unpaired) electrons. The lowest BCUT2D eigenvalue weighted by atomic mass is 9.95. The lowest BCUT2D eigenvalue weighted by Gasteiger charge is -2.41. The van der Waals surface area contributed by atoms with Crippen molar-refractivity contribution in [3.8, 4) is 11.5 Å². The lowest BCUT2D eigenvalue weighted by Crippen LogP contribution is -2.49. The summed E-state index contributed by atoms with van der Waals surface area (Å²) in [4.78, 5) is 14.0. The van der Waals surface area contributed by atoms with Crippen LogP contribution in [0.1, 0.15) is 29.5 Å². The number of aromatic nitrogens is 2. The Kier molecular flexibility index (Phi) is 6.57. The van der Waals surface area contributed by atoms with Crippen LogP contribution in [0.4, 0.5) is 0 Å². The average Bonchev–Trinajstić information content (AvgIpc) is 2.78. The number of hydrogen-bond donors (Lipinski definition) is 0. The van der Waals surface area contributed by atoms with Crippen LogP contribution >= 0.6 is 11.8 Å². The van der Waals surface area contributed by atoms with E-state index in [-0.39, 0.29) is 0 Å². The largest absolute Gasteiger partial charge is 0.493 e. The van der Waals surface area contributed by atoms with Crippen molar-refractivity contribution < 1.29 is 9.47 Å². The number of ether oxygens (including phenoxy) is 2. The van der Waals surface area contributed by atoms with Crippen molar-refractivity contribution in [2.75, 3.05) is 40.1 Å². The summed E-state index contributed by atoms with van der Waals surface area (Å²) in [6, 6.07) is 4.90. The third-order valence-electron chi connectivity index (χ3n) is 6.01. The highest BCUT2D eigenvalue weighted by atomic mass is 32.2. The van der Waals surface area contributed by atoms with Crippen LogP contribution in [-0.2, 0) is 19.5 Å². The van der Waals surface area contributed by atoms with E-state index in [2.05, 4.69) is 31.9 Å². The molecule has 2 aliphatic rings. The van der Waals surface area contributed by atoms with E-state index in [4.69, 9.17) is 9.47 Å². The number of thioether (sulfide) groups is 1. The van der Waals surface area contributed by atoms with Gasteiger partial charge in [-0.05, 0) is 55.3 Å². The third kappa shape index (κ3) is 4.68. The smallest absolute Gasteiger partial charge is 0.187 e. The maximum Gasteiger partial charge on any atom is 0.187 e. The second-order valence-corrected chi connectivity index (χ2v) is 8.58. The van der Waals surface area contributed by atoms with Gasteiger partial charge < -0.3 is 9.47 Å². The molecule has 156 valence electrons. The summed E-state index contributed by atoms with van der Waals surface area (Å²) in [5.41, 5.74) is 3.95. The number of fused-ring (bicyclic) bond motifs is 1. The fourth-order valence-corrected chi connectivity index (χ4v) is 4.79. The molecule has 0 saturated carbocycles. The van der Waals surface area contributed by atoms with E-state index in [1.807, 2.05) is 18.6 Å². The molecular formula is C22H30N4O2S. The number of piperidine rings is 1. The fourth-order valence-electron chi connectivity index (χ4n) is 4.48. The van der Waals surface area contributed by atoms with Crippen molar-refractivity contribution in [2.24, 2.45) is 0 Å². The maximum absolute atomic E-state index is 5.52. The Hall–Kier alpha value is -1.83. The van der Waals surface area contributed by atoms with Crippen molar-refractivity contribution in [1.82, 2.24) is 19.8 Å². The van der Waals surface area contributed by atoms with Gasteiger partial charge in [0.05, 0.1) is 14.2 Å². The number of rotatable bonds is 6. The van der Waals surface area contributed by atoms with Crippen LogP contribution in [0.2, 0.25) is 0 Å². The van der Waals surface area contributed by atoms with E-state index < -0.39 is 0 Å². The van der Waals surface area contributed by atoms with E-state index in [0.29, 0.717) is 6.04 Å². The molecule has 4 rings (SSSR count). The number of likely N-dealkylation sites (tertiary alicyclic amines) is 1. The quantitative estimate of drug-likeness (QED) is 0.531. The fraction of sp³-hybridized carbons (Fsp3) is 0.545. The van der Waals surface area contributed by atoms with Crippen LogP contribution in [0.3, 0.4) is 0 Å². The summed E-state index contributed by atoms with van der Waals surface area (Å²) in [5, 5.41) is 0.837. The number of methoxy groups -OCH3 is 2. The van der Waals surface area contributed by atoms with E-state index >= 15 is 0 Å². The van der Waals surface area contributed by atoms with Crippen molar-refractivity contribution in [3.05, 3.63) is 41.2 Å². The minimum atomic E-state index is 0.594. The molecule has 0 amide bonds. The van der Waals surface area contributed by atoms with Gasteiger partial charge in [-0.3, -0.25) is 9.80 Å². The van der Waals surface area contributed by atoms with Gasteiger partial charge in [-0.15, -0.1) is 0 Å². The van der Waals surface area contributed by atoms with Gasteiger partial charge in [-0.1, -0.05) is 11.8 Å². The van der Waals surface area contributed by atoms with E-state index in [1.54, 1.807) is 26.0 Å². The van der Waals surface area contributed by atoms with Gasteiger partial charge in [0.1, 0.15) is 0 Å². The average molecular weight is 415 g/mol. The summed E-state index contributed by atoms with van der Waals surface area (Å²) >= 11 is 1.58. The minimum Gasteiger partial charge on any atom is -0.493 e. The number of hydrogen-bond acceptors (Lipinski definition) is 7. The highest BCUT2D eigenvalue weighted by Gasteiger charge is 2.28. The number of nitrogens with zero attached hydrogens (tertiary/aromatic N) is 4. The van der Waals surface area contributed by atoms with Crippen LogP contribution in [-0.4, -0.2) is 65.9 Å². The molecule has 1 atom stereocenters. The second-order valence-electron chi connectivity index (χ2n) is 7.81. The Morgan fingerprint density at radius 2 is 1.79 bits per heavy atom. The van der Waals surface area contributed by atoms with Gasteiger partial charge in [0.15, 0.2) is 16.7 Å². The van der Waals surface area contributed by atoms with Gasteiger partial charge in [-0.2, -0.15) is 0 Å². The normalized spacial score (nSPS) is 20.3. The molecule has 7 heteroatoms. The molecule has 2 aliphatic heterocycles. The predicted molar refractivity (Wildman–Crippen MR) is 116 cm³/mol. The van der Waals surface area contributed by atoms with Gasteiger partial charge in [0.25, 0.3) is 0 Å². The zero-order valence-corrected chi connectivity index (χ0v) is 18.4. The Labute approximate surface area is 177 Å². The topological polar surface area (TPSA) is 50.7 Å². The predicted octanol–water partition coefficient (Wildman–Crippen LogP) is 3.24. The van der Waals surface area contributed by atoms with Crippen LogP contribution in [0.15, 0.2) is 29.7 Å². The molecule has 0 spiro atoms. The summed E-state index contributed by atoms with van der Waals surface area (Å²) in [5.74, 6) is 1.66. The SMILES string of the molecule is COc1cc2c(cc1OC)CN(C1CCCN(Cc3cnc(SC)nc3)C1)CC2. The van der Waals surface area contributed by atoms with Crippen molar-refractivity contribution in [1.29, 1.82) is 0 Å². The zero-order chi connectivity index (χ0) is 20.2. The molecule has 0 aliphatic carbocycles. The van der Waals surface area contributed by atoms with Crippen LogP contribution in [0.5, 0.6) is 11.5 Å². The Morgan fingerprint density at radius 1 is 1.07 bits per heavy atom. The second kappa shape index (κ2) is 9.32. The maximum atomic E-state index is 5.52. The molecule has 3 heterocycles. The zero-order valence-electron chi connectivity index (χ0n) is 17.6. The molecule has 29 heavy (non-hydrogen) atoms. The third-order valence-corrected chi connectivity index (χ3v) is 6.59.